The maximum absolute atomic E-state index is 11.7. The normalized spacial score (nSPS) is 24.2. The zero-order valence-electron chi connectivity index (χ0n) is 13.9. The van der Waals surface area contributed by atoms with Gasteiger partial charge in [0.2, 0.25) is 5.91 Å². The molecule has 6 nitrogen and oxygen atoms in total. The fraction of sp³-hybridized carbons (Fsp3) is 0.421. The molecule has 0 radical (unpaired) electrons. The molecular weight excluding hydrogens is 316 g/mol. The molecule has 2 aromatic heterocycles. The minimum atomic E-state index is 0.159. The minimum absolute atomic E-state index is 0.159. The number of amides is 1. The van der Waals surface area contributed by atoms with Crippen LogP contribution < -0.4 is 10.2 Å². The third kappa shape index (κ3) is 2.35. The molecule has 0 spiro atoms. The first-order valence-corrected chi connectivity index (χ1v) is 8.97. The number of anilines is 1. The van der Waals surface area contributed by atoms with E-state index in [-0.39, 0.29) is 5.91 Å². The molecule has 1 N–H and O–H groups in total. The maximum Gasteiger partial charge on any atom is 0.220 e. The average molecular weight is 336 g/mol. The fourth-order valence-corrected chi connectivity index (χ4v) is 4.33. The van der Waals surface area contributed by atoms with Crippen LogP contribution in [0.15, 0.2) is 35.0 Å². The zero-order valence-corrected chi connectivity index (χ0v) is 13.9. The first kappa shape index (κ1) is 14.7. The van der Waals surface area contributed by atoms with Crippen molar-refractivity contribution in [2.75, 3.05) is 18.0 Å². The summed E-state index contributed by atoms with van der Waals surface area (Å²) in [5.41, 5.74) is 2.46. The number of furan rings is 1. The van der Waals surface area contributed by atoms with Crippen molar-refractivity contribution in [2.24, 2.45) is 5.92 Å². The van der Waals surface area contributed by atoms with Gasteiger partial charge in [0.05, 0.1) is 0 Å². The summed E-state index contributed by atoms with van der Waals surface area (Å²) in [4.78, 5) is 23.1. The van der Waals surface area contributed by atoms with E-state index < -0.39 is 0 Å². The van der Waals surface area contributed by atoms with Gasteiger partial charge in [-0.15, -0.1) is 0 Å². The van der Waals surface area contributed by atoms with Gasteiger partial charge in [-0.05, 0) is 31.4 Å². The van der Waals surface area contributed by atoms with E-state index in [2.05, 4.69) is 20.2 Å². The van der Waals surface area contributed by atoms with E-state index in [1.54, 1.807) is 6.33 Å². The van der Waals surface area contributed by atoms with Crippen LogP contribution in [-0.2, 0) is 4.79 Å². The molecule has 128 valence electrons. The number of carbonyl (C=O) groups is 1. The molecular formula is C19H20N4O2. The summed E-state index contributed by atoms with van der Waals surface area (Å²) in [6, 6.07) is 8.29. The van der Waals surface area contributed by atoms with Crippen molar-refractivity contribution in [3.05, 3.63) is 30.6 Å². The molecule has 5 rings (SSSR count). The van der Waals surface area contributed by atoms with Gasteiger partial charge in [-0.1, -0.05) is 12.1 Å². The van der Waals surface area contributed by atoms with E-state index in [1.807, 2.05) is 24.3 Å². The number of fused-ring (bicyclic) bond motifs is 3. The number of para-hydroxylation sites is 1. The van der Waals surface area contributed by atoms with Crippen molar-refractivity contribution < 1.29 is 9.21 Å². The van der Waals surface area contributed by atoms with Crippen molar-refractivity contribution in [3.8, 4) is 0 Å². The van der Waals surface area contributed by atoms with E-state index >= 15 is 0 Å². The second kappa shape index (κ2) is 5.72. The topological polar surface area (TPSA) is 71.3 Å². The highest BCUT2D eigenvalue weighted by atomic mass is 16.3. The fourth-order valence-electron chi connectivity index (χ4n) is 4.33. The summed E-state index contributed by atoms with van der Waals surface area (Å²) >= 11 is 0. The van der Waals surface area contributed by atoms with E-state index in [1.165, 1.54) is 6.42 Å². The maximum atomic E-state index is 11.7. The average Bonchev–Trinajstić information content (AvgIpc) is 3.25. The highest BCUT2D eigenvalue weighted by Crippen LogP contribution is 2.37. The van der Waals surface area contributed by atoms with Gasteiger partial charge in [0.1, 0.15) is 17.4 Å². The Morgan fingerprint density at radius 3 is 3.00 bits per heavy atom. The lowest BCUT2D eigenvalue weighted by molar-refractivity contribution is -0.119. The Kier molecular flexibility index (Phi) is 3.36. The molecule has 2 saturated heterocycles. The quantitative estimate of drug-likeness (QED) is 0.779. The molecule has 0 bridgehead atoms. The van der Waals surface area contributed by atoms with Crippen LogP contribution in [-0.4, -0.2) is 35.0 Å². The molecule has 25 heavy (non-hydrogen) atoms. The lowest BCUT2D eigenvalue weighted by atomic mass is 9.89. The number of benzene rings is 1. The van der Waals surface area contributed by atoms with Crippen LogP contribution in [0.3, 0.4) is 0 Å². The highest BCUT2D eigenvalue weighted by molar-refractivity contribution is 6.05. The predicted molar refractivity (Wildman–Crippen MR) is 95.4 cm³/mol. The predicted octanol–water partition coefficient (Wildman–Crippen LogP) is 2.87. The van der Waals surface area contributed by atoms with Gasteiger partial charge < -0.3 is 14.6 Å². The Bertz CT molecular complexity index is 951. The summed E-state index contributed by atoms with van der Waals surface area (Å²) < 4.78 is 6.12. The lowest BCUT2D eigenvalue weighted by Crippen LogP contribution is -2.45. The number of aromatic nitrogens is 2. The van der Waals surface area contributed by atoms with Crippen molar-refractivity contribution >= 4 is 33.8 Å². The second-order valence-corrected chi connectivity index (χ2v) is 7.00. The van der Waals surface area contributed by atoms with Crippen LogP contribution in [0, 0.1) is 5.92 Å². The Hall–Kier alpha value is -2.63. The van der Waals surface area contributed by atoms with E-state index in [4.69, 9.17) is 4.42 Å². The van der Waals surface area contributed by atoms with Crippen molar-refractivity contribution in [1.82, 2.24) is 15.3 Å². The molecule has 0 unspecified atom stereocenters. The summed E-state index contributed by atoms with van der Waals surface area (Å²) in [5.74, 6) is 1.36. The van der Waals surface area contributed by atoms with Gasteiger partial charge in [0.25, 0.3) is 0 Å². The summed E-state index contributed by atoms with van der Waals surface area (Å²) in [7, 11) is 0. The van der Waals surface area contributed by atoms with Gasteiger partial charge >= 0.3 is 0 Å². The van der Waals surface area contributed by atoms with Gasteiger partial charge in [-0.2, -0.15) is 0 Å². The molecule has 0 saturated carbocycles. The lowest BCUT2D eigenvalue weighted by Gasteiger charge is -2.39. The third-order valence-electron chi connectivity index (χ3n) is 5.51. The molecule has 1 aromatic carbocycles. The number of nitrogens with one attached hydrogen (secondary N) is 1. The Morgan fingerprint density at radius 1 is 1.20 bits per heavy atom. The number of carbonyl (C=O) groups excluding carboxylic acids is 1. The molecule has 2 aliphatic heterocycles. The second-order valence-electron chi connectivity index (χ2n) is 7.00. The first-order chi connectivity index (χ1) is 12.3. The molecule has 2 fully saturated rings. The Morgan fingerprint density at radius 2 is 2.12 bits per heavy atom. The van der Waals surface area contributed by atoms with Crippen LogP contribution in [0.5, 0.6) is 0 Å². The van der Waals surface area contributed by atoms with Crippen molar-refractivity contribution in [2.45, 2.75) is 31.7 Å². The largest absolute Gasteiger partial charge is 0.450 e. The molecule has 1 amide bonds. The summed E-state index contributed by atoms with van der Waals surface area (Å²) in [6.45, 7) is 1.70. The van der Waals surface area contributed by atoms with E-state index in [9.17, 15) is 4.79 Å². The van der Waals surface area contributed by atoms with Gasteiger partial charge in [0.15, 0.2) is 11.4 Å². The summed E-state index contributed by atoms with van der Waals surface area (Å²) in [5, 5.41) is 4.00. The van der Waals surface area contributed by atoms with Crippen LogP contribution >= 0.6 is 0 Å². The number of hydrogen-bond acceptors (Lipinski definition) is 5. The van der Waals surface area contributed by atoms with Crippen LogP contribution in [0.4, 0.5) is 5.82 Å². The Labute approximate surface area is 145 Å². The Balaban J connectivity index is 1.62. The van der Waals surface area contributed by atoms with Crippen molar-refractivity contribution in [1.29, 1.82) is 0 Å². The molecule has 2 aliphatic rings. The highest BCUT2D eigenvalue weighted by Gasteiger charge is 2.36. The monoisotopic (exact) mass is 336 g/mol. The van der Waals surface area contributed by atoms with E-state index in [0.717, 1.165) is 53.8 Å². The van der Waals surface area contributed by atoms with Crippen molar-refractivity contribution in [3.63, 3.8) is 0 Å². The van der Waals surface area contributed by atoms with Gasteiger partial charge in [-0.3, -0.25) is 4.79 Å². The minimum Gasteiger partial charge on any atom is -0.450 e. The molecule has 3 aromatic rings. The van der Waals surface area contributed by atoms with Gasteiger partial charge in [0, 0.05) is 36.9 Å². The molecule has 4 heterocycles. The standard InChI is InChI=1S/C19H20N4O2/c24-16-9-12(10-20-16)14-6-3-4-8-23(14)19-18-17(21-11-22-19)13-5-1-2-7-15(13)25-18/h1-2,5,7,11-12,14H,3-4,6,8-10H2,(H,20,24)/t12-,14-/m1/s1. The van der Waals surface area contributed by atoms with Crippen LogP contribution in [0.25, 0.3) is 22.1 Å². The zero-order chi connectivity index (χ0) is 16.8. The smallest absolute Gasteiger partial charge is 0.220 e. The van der Waals surface area contributed by atoms with Crippen LogP contribution in [0.2, 0.25) is 0 Å². The first-order valence-electron chi connectivity index (χ1n) is 8.97. The molecule has 0 aliphatic carbocycles. The van der Waals surface area contributed by atoms with E-state index in [0.29, 0.717) is 18.4 Å². The van der Waals surface area contributed by atoms with Gasteiger partial charge in [-0.25, -0.2) is 9.97 Å². The number of hydrogen-bond donors (Lipinski definition) is 1. The number of nitrogens with zero attached hydrogens (tertiary/aromatic N) is 3. The third-order valence-corrected chi connectivity index (χ3v) is 5.51. The van der Waals surface area contributed by atoms with Crippen LogP contribution in [0.1, 0.15) is 25.7 Å². The number of piperidine rings is 1. The molecule has 6 heteroatoms. The SMILES string of the molecule is O=C1C[C@@H]([C@H]2CCCCN2c2ncnc3c2oc2ccccc23)CN1. The molecule has 2 atom stereocenters. The summed E-state index contributed by atoms with van der Waals surface area (Å²) in [6.07, 6.45) is 5.65. The number of rotatable bonds is 2.